The Morgan fingerprint density at radius 3 is 2.54 bits per heavy atom. The van der Waals surface area contributed by atoms with Crippen LogP contribution in [0.15, 0.2) is 57.7 Å². The number of benzene rings is 2. The molecule has 0 saturated carbocycles. The highest BCUT2D eigenvalue weighted by molar-refractivity contribution is 7.83. The normalized spacial score (nSPS) is 17.2. The van der Waals surface area contributed by atoms with Gasteiger partial charge in [-0.25, -0.2) is 9.00 Å². The van der Waals surface area contributed by atoms with E-state index < -0.39 is 16.7 Å². The van der Waals surface area contributed by atoms with Gasteiger partial charge in [0.1, 0.15) is 16.5 Å². The fraction of sp³-hybridized carbons (Fsp3) is 0.381. The first-order valence-electron chi connectivity index (χ1n) is 9.56. The quantitative estimate of drug-likeness (QED) is 0.612. The molecule has 3 aromatic rings. The smallest absolute Gasteiger partial charge is 0.407 e. The zero-order chi connectivity index (χ0) is 19.5. The maximum Gasteiger partial charge on any atom is 0.432 e. The fourth-order valence-corrected chi connectivity index (χ4v) is 5.10. The Morgan fingerprint density at radius 2 is 1.79 bits per heavy atom. The van der Waals surface area contributed by atoms with Crippen LogP contribution in [0.1, 0.15) is 18.4 Å². The average molecular weight is 419 g/mol. The van der Waals surface area contributed by atoms with Crippen LogP contribution >= 0.6 is 11.6 Å². The average Bonchev–Trinajstić information content (AvgIpc) is 3.05. The molecule has 7 heteroatoms. The zero-order valence-electron chi connectivity index (χ0n) is 15.6. The molecule has 2 aromatic carbocycles. The zero-order valence-corrected chi connectivity index (χ0v) is 17.1. The second kappa shape index (κ2) is 8.64. The van der Waals surface area contributed by atoms with Crippen LogP contribution in [-0.2, 0) is 17.4 Å². The molecule has 1 fully saturated rings. The highest BCUT2D eigenvalue weighted by Crippen LogP contribution is 2.22. The molecule has 1 saturated heterocycles. The predicted molar refractivity (Wildman–Crippen MR) is 113 cm³/mol. The number of aromatic nitrogens is 1. The molecule has 5 nitrogen and oxygen atoms in total. The highest BCUT2D eigenvalue weighted by atomic mass is 35.5. The summed E-state index contributed by atoms with van der Waals surface area (Å²) in [5, 5.41) is 0.774. The molecule has 1 atom stereocenters. The Hall–Kier alpha value is -1.89. The number of likely N-dealkylation sites (tertiary alicyclic amines) is 1. The Kier molecular flexibility index (Phi) is 5.99. The largest absolute Gasteiger partial charge is 0.432 e. The molecule has 0 radical (unpaired) electrons. The molecule has 0 bridgehead atoms. The number of halogens is 1. The van der Waals surface area contributed by atoms with Crippen LogP contribution in [-0.4, -0.2) is 38.5 Å². The van der Waals surface area contributed by atoms with Gasteiger partial charge in [-0.2, -0.15) is 3.97 Å². The van der Waals surface area contributed by atoms with Crippen molar-refractivity contribution in [3.05, 3.63) is 69.7 Å². The fourth-order valence-electron chi connectivity index (χ4n) is 3.80. The first-order valence-corrected chi connectivity index (χ1v) is 11.2. The molecule has 148 valence electrons. The number of hydrogen-bond donors (Lipinski definition) is 0. The second-order valence-electron chi connectivity index (χ2n) is 7.27. The topological polar surface area (TPSA) is 55.5 Å². The third-order valence-corrected chi connectivity index (χ3v) is 6.91. The van der Waals surface area contributed by atoms with Crippen molar-refractivity contribution in [2.45, 2.75) is 19.3 Å². The lowest BCUT2D eigenvalue weighted by atomic mass is 9.90. The molecule has 0 amide bonds. The van der Waals surface area contributed by atoms with Crippen molar-refractivity contribution in [1.29, 1.82) is 0 Å². The molecule has 28 heavy (non-hydrogen) atoms. The first-order chi connectivity index (χ1) is 13.6. The number of nitrogens with zero attached hydrogens (tertiary/aromatic N) is 2. The number of oxazole rings is 1. The van der Waals surface area contributed by atoms with Crippen LogP contribution in [0.2, 0.25) is 5.02 Å². The predicted octanol–water partition coefficient (Wildman–Crippen LogP) is 3.71. The van der Waals surface area contributed by atoms with Crippen LogP contribution in [0.4, 0.5) is 0 Å². The molecular weight excluding hydrogens is 396 g/mol. The van der Waals surface area contributed by atoms with Crippen LogP contribution in [0.25, 0.3) is 11.1 Å². The minimum absolute atomic E-state index is 0.422. The van der Waals surface area contributed by atoms with Gasteiger partial charge in [0.2, 0.25) is 0 Å². The van der Waals surface area contributed by atoms with E-state index in [0.29, 0.717) is 29.3 Å². The summed E-state index contributed by atoms with van der Waals surface area (Å²) in [6.07, 6.45) is 3.33. The van der Waals surface area contributed by atoms with E-state index in [1.807, 2.05) is 18.2 Å². The van der Waals surface area contributed by atoms with Gasteiger partial charge in [0.05, 0.1) is 5.75 Å². The lowest BCUT2D eigenvalue weighted by Crippen LogP contribution is -2.37. The molecule has 4 rings (SSSR count). The van der Waals surface area contributed by atoms with Gasteiger partial charge in [-0.05, 0) is 68.1 Å². The molecule has 1 aliphatic rings. The summed E-state index contributed by atoms with van der Waals surface area (Å²) in [7, 11) is -1.43. The van der Waals surface area contributed by atoms with Crippen molar-refractivity contribution < 1.29 is 8.63 Å². The number of rotatable bonds is 6. The SMILES string of the molecule is O=c1oc2ccccc2n1S(=O)CCN1CCC(Cc2ccc(Cl)cc2)CC1. The first kappa shape index (κ1) is 19.4. The molecule has 2 heterocycles. The third-order valence-electron chi connectivity index (χ3n) is 5.38. The minimum Gasteiger partial charge on any atom is -0.407 e. The van der Waals surface area contributed by atoms with Gasteiger partial charge in [0.15, 0.2) is 5.58 Å². The maximum absolute atomic E-state index is 12.7. The Morgan fingerprint density at radius 1 is 1.07 bits per heavy atom. The van der Waals surface area contributed by atoms with Crippen LogP contribution in [0, 0.1) is 5.92 Å². The van der Waals surface area contributed by atoms with Crippen molar-refractivity contribution in [3.8, 4) is 0 Å². The van der Waals surface area contributed by atoms with E-state index in [4.69, 9.17) is 16.0 Å². The molecule has 1 aliphatic heterocycles. The van der Waals surface area contributed by atoms with Gasteiger partial charge >= 0.3 is 5.76 Å². The summed E-state index contributed by atoms with van der Waals surface area (Å²) in [5.41, 5.74) is 2.39. The Bertz CT molecular complexity index is 1020. The van der Waals surface area contributed by atoms with E-state index >= 15 is 0 Å². The molecule has 1 unspecified atom stereocenters. The van der Waals surface area contributed by atoms with Gasteiger partial charge in [0, 0.05) is 11.6 Å². The summed E-state index contributed by atoms with van der Waals surface area (Å²) in [6.45, 7) is 2.71. The molecular formula is C21H23ClN2O3S. The van der Waals surface area contributed by atoms with Crippen LogP contribution in [0.3, 0.4) is 0 Å². The third kappa shape index (κ3) is 4.40. The minimum atomic E-state index is -1.43. The van der Waals surface area contributed by atoms with Crippen LogP contribution < -0.4 is 5.76 Å². The van der Waals surface area contributed by atoms with Crippen molar-refractivity contribution in [3.63, 3.8) is 0 Å². The van der Waals surface area contributed by atoms with E-state index in [1.54, 1.807) is 18.2 Å². The summed E-state index contributed by atoms with van der Waals surface area (Å²) in [5.74, 6) is 0.537. The van der Waals surface area contributed by atoms with Crippen molar-refractivity contribution >= 4 is 33.7 Å². The summed E-state index contributed by atoms with van der Waals surface area (Å²) < 4.78 is 19.1. The van der Waals surface area contributed by atoms with Crippen molar-refractivity contribution in [2.24, 2.45) is 5.92 Å². The van der Waals surface area contributed by atoms with Gasteiger partial charge < -0.3 is 9.32 Å². The molecule has 1 aromatic heterocycles. The number of fused-ring (bicyclic) bond motifs is 1. The summed E-state index contributed by atoms with van der Waals surface area (Å²) >= 11 is 5.95. The number of para-hydroxylation sites is 2. The Labute approximate surface area is 171 Å². The lowest BCUT2D eigenvalue weighted by Gasteiger charge is -2.31. The van der Waals surface area contributed by atoms with E-state index in [2.05, 4.69) is 17.0 Å². The van der Waals surface area contributed by atoms with Gasteiger partial charge in [0.25, 0.3) is 0 Å². The lowest BCUT2D eigenvalue weighted by molar-refractivity contribution is 0.193. The van der Waals surface area contributed by atoms with E-state index in [0.717, 1.165) is 37.4 Å². The van der Waals surface area contributed by atoms with Gasteiger partial charge in [-0.1, -0.05) is 35.9 Å². The standard InChI is InChI=1S/C21H23ClN2O3S/c22-18-7-5-16(6-8-18)15-17-9-11-23(12-10-17)13-14-28(26)24-19-3-1-2-4-20(19)27-21(24)25/h1-8,17H,9-15H2. The molecule has 0 aliphatic carbocycles. The second-order valence-corrected chi connectivity index (χ2v) is 9.12. The van der Waals surface area contributed by atoms with Crippen molar-refractivity contribution in [1.82, 2.24) is 8.87 Å². The van der Waals surface area contributed by atoms with Gasteiger partial charge in [-0.15, -0.1) is 0 Å². The Balaban J connectivity index is 1.29. The van der Waals surface area contributed by atoms with E-state index in [9.17, 15) is 9.00 Å². The molecule has 0 spiro atoms. The van der Waals surface area contributed by atoms with E-state index in [1.165, 1.54) is 9.54 Å². The monoisotopic (exact) mass is 418 g/mol. The maximum atomic E-state index is 12.7. The summed E-state index contributed by atoms with van der Waals surface area (Å²) in [4.78, 5) is 14.4. The number of piperidine rings is 1. The molecule has 0 N–H and O–H groups in total. The van der Waals surface area contributed by atoms with Gasteiger partial charge in [-0.3, -0.25) is 0 Å². The van der Waals surface area contributed by atoms with Crippen molar-refractivity contribution in [2.75, 3.05) is 25.4 Å². The highest BCUT2D eigenvalue weighted by Gasteiger charge is 2.21. The number of hydrogen-bond acceptors (Lipinski definition) is 4. The van der Waals surface area contributed by atoms with E-state index in [-0.39, 0.29) is 0 Å². The summed E-state index contributed by atoms with van der Waals surface area (Å²) in [6, 6.07) is 15.2. The van der Waals surface area contributed by atoms with Crippen LogP contribution in [0.5, 0.6) is 0 Å².